The van der Waals surface area contributed by atoms with Crippen LogP contribution in [0.25, 0.3) is 0 Å². The zero-order valence-electron chi connectivity index (χ0n) is 33.4. The van der Waals surface area contributed by atoms with Gasteiger partial charge in [0, 0.05) is 11.4 Å². The molecule has 0 saturated carbocycles. The quantitative estimate of drug-likeness (QED) is 0.0985. The molecule has 0 aromatic heterocycles. The number of rotatable bonds is 19. The minimum atomic E-state index is -3.68. The fraction of sp³-hybridized carbons (Fsp3) is 0.541. The molecule has 0 aliphatic carbocycles. The molecular weight excluding hydrogens is 772 g/mol. The van der Waals surface area contributed by atoms with Gasteiger partial charge in [0.1, 0.15) is 17.7 Å². The second-order valence-corrected chi connectivity index (χ2v) is 20.5. The Kier molecular flexibility index (Phi) is 20.5. The summed E-state index contributed by atoms with van der Waals surface area (Å²) in [6.45, 7) is 17.7. The number of carbonyl (C=O) groups is 3. The molecule has 4 N–H and O–H groups in total. The summed E-state index contributed by atoms with van der Waals surface area (Å²) in [5.74, 6) is -1.00. The largest absolute Gasteiger partial charge is 0.443 e. The van der Waals surface area contributed by atoms with Crippen molar-refractivity contribution in [2.45, 2.75) is 109 Å². The molecule has 2 aromatic carbocycles. The van der Waals surface area contributed by atoms with Gasteiger partial charge in [-0.25, -0.2) is 27.1 Å². The van der Waals surface area contributed by atoms with Crippen molar-refractivity contribution in [2.24, 2.45) is 11.8 Å². The van der Waals surface area contributed by atoms with Gasteiger partial charge in [-0.1, -0.05) is 70.2 Å². The topological polar surface area (TPSA) is 212 Å². The summed E-state index contributed by atoms with van der Waals surface area (Å²) < 4.78 is 76.7. The maximum atomic E-state index is 12.9. The molecule has 18 heteroatoms. The van der Waals surface area contributed by atoms with Crippen molar-refractivity contribution < 1.29 is 49.6 Å². The molecule has 55 heavy (non-hydrogen) atoms. The zero-order chi connectivity index (χ0) is 42.0. The van der Waals surface area contributed by atoms with Gasteiger partial charge in [0.05, 0.1) is 23.0 Å². The molecule has 0 bridgehead atoms. The van der Waals surface area contributed by atoms with Crippen LogP contribution in [-0.2, 0) is 47.6 Å². The minimum Gasteiger partial charge on any atom is -0.443 e. The molecule has 0 aliphatic heterocycles. The first-order valence-electron chi connectivity index (χ1n) is 17.9. The van der Waals surface area contributed by atoms with Crippen LogP contribution in [0.5, 0.6) is 0 Å². The van der Waals surface area contributed by atoms with Gasteiger partial charge in [-0.3, -0.25) is 19.6 Å². The highest BCUT2D eigenvalue weighted by atomic mass is 32.2. The van der Waals surface area contributed by atoms with Gasteiger partial charge in [-0.15, -0.1) is 0 Å². The first kappa shape index (κ1) is 49.4. The molecule has 15 nitrogen and oxygen atoms in total. The number of hydrazine groups is 1. The standard InChI is InChI=1S/C26H42N4O6S.C11H17O5PS/c1-17(2)16-20(14-15-37(34,35)21-12-10-9-11-13-21)28-23(31)19(5)27-24(32)22(18(3)4)29-30-25(33)36-26(6,7)8;1-3-15-17(12,16-4-2)10-18(13,14)11-8-6-5-7-9-11/h9-15,17-20,22,29H,16H2,1-8H3,(H,27,32)(H,28,31)(H,30,33);5-9H,3-4,10H2,1-2H3/t19-,20+,22-;/m0./s1. The number of ether oxygens (including phenoxy) is 1. The van der Waals surface area contributed by atoms with E-state index in [1.54, 1.807) is 84.9 Å². The highest BCUT2D eigenvalue weighted by Gasteiger charge is 2.32. The van der Waals surface area contributed by atoms with Crippen LogP contribution >= 0.6 is 7.60 Å². The van der Waals surface area contributed by atoms with Crippen LogP contribution in [0, 0.1) is 11.8 Å². The maximum Gasteiger partial charge on any atom is 0.422 e. The number of hydrogen-bond acceptors (Lipinski definition) is 12. The third kappa shape index (κ3) is 19.2. The number of hydrogen-bond donors (Lipinski definition) is 4. The van der Waals surface area contributed by atoms with E-state index >= 15 is 0 Å². The molecule has 310 valence electrons. The van der Waals surface area contributed by atoms with Crippen molar-refractivity contribution in [3.63, 3.8) is 0 Å². The monoisotopic (exact) mass is 830 g/mol. The van der Waals surface area contributed by atoms with Crippen LogP contribution < -0.4 is 21.5 Å². The zero-order valence-corrected chi connectivity index (χ0v) is 35.9. The van der Waals surface area contributed by atoms with Gasteiger partial charge >= 0.3 is 13.7 Å². The van der Waals surface area contributed by atoms with E-state index in [1.165, 1.54) is 37.3 Å². The lowest BCUT2D eigenvalue weighted by molar-refractivity contribution is -0.130. The van der Waals surface area contributed by atoms with Crippen molar-refractivity contribution in [3.05, 3.63) is 72.1 Å². The summed E-state index contributed by atoms with van der Waals surface area (Å²) in [5, 5.41) is 6.55. The lowest BCUT2D eigenvalue weighted by atomic mass is 10.0. The third-order valence-electron chi connectivity index (χ3n) is 7.13. The first-order valence-corrected chi connectivity index (χ1v) is 22.9. The Hall–Kier alpha value is -3.60. The van der Waals surface area contributed by atoms with E-state index in [1.807, 2.05) is 13.8 Å². The van der Waals surface area contributed by atoms with Gasteiger partial charge in [0.25, 0.3) is 0 Å². The Labute approximate surface area is 327 Å². The van der Waals surface area contributed by atoms with Crippen molar-refractivity contribution >= 4 is 45.2 Å². The van der Waals surface area contributed by atoms with E-state index in [0.717, 1.165) is 5.41 Å². The summed E-state index contributed by atoms with van der Waals surface area (Å²) in [4.78, 5) is 37.9. The molecule has 3 amide bonds. The van der Waals surface area contributed by atoms with Crippen LogP contribution in [0.1, 0.15) is 75.7 Å². The van der Waals surface area contributed by atoms with Gasteiger partial charge in [0.15, 0.2) is 25.2 Å². The lowest BCUT2D eigenvalue weighted by Gasteiger charge is -2.26. The third-order valence-corrected chi connectivity index (χ3v) is 13.5. The molecular formula is C37H59N4O11PS2. The summed E-state index contributed by atoms with van der Waals surface area (Å²) in [5.41, 5.74) is 3.69. The molecule has 0 radical (unpaired) electrons. The Bertz CT molecular complexity index is 1790. The Morgan fingerprint density at radius 3 is 1.75 bits per heavy atom. The van der Waals surface area contributed by atoms with E-state index in [2.05, 4.69) is 21.5 Å². The average Bonchev–Trinajstić information content (AvgIpc) is 3.07. The van der Waals surface area contributed by atoms with Crippen molar-refractivity contribution in [1.82, 2.24) is 21.5 Å². The van der Waals surface area contributed by atoms with Crippen molar-refractivity contribution in [1.29, 1.82) is 0 Å². The Morgan fingerprint density at radius 2 is 1.29 bits per heavy atom. The molecule has 0 spiro atoms. The molecule has 0 fully saturated rings. The van der Waals surface area contributed by atoms with Crippen LogP contribution in [0.15, 0.2) is 81.9 Å². The fourth-order valence-corrected chi connectivity index (χ4v) is 10.0. The van der Waals surface area contributed by atoms with Crippen LogP contribution in [-0.4, -0.2) is 77.2 Å². The predicted molar refractivity (Wildman–Crippen MR) is 212 cm³/mol. The SMILES string of the molecule is CC(C)C[C@@H](C=CS(=O)(=O)c1ccccc1)NC(=O)[C@H](C)NC(=O)[C@@H](NNC(=O)OC(C)(C)C)C(C)C.CCOP(=O)(CS(=O)(=O)c1ccccc1)OCC. The van der Waals surface area contributed by atoms with E-state index in [9.17, 15) is 35.8 Å². The molecule has 3 atom stereocenters. The highest BCUT2D eigenvalue weighted by Crippen LogP contribution is 2.50. The number of sulfone groups is 2. The molecule has 0 heterocycles. The summed E-state index contributed by atoms with van der Waals surface area (Å²) in [6.07, 6.45) is 1.23. The predicted octanol–water partition coefficient (Wildman–Crippen LogP) is 5.75. The van der Waals surface area contributed by atoms with Crippen LogP contribution in [0.2, 0.25) is 0 Å². The van der Waals surface area contributed by atoms with E-state index in [4.69, 9.17) is 13.8 Å². The molecule has 0 aliphatic rings. The van der Waals surface area contributed by atoms with Gasteiger partial charge in [-0.2, -0.15) is 0 Å². The maximum absolute atomic E-state index is 12.9. The van der Waals surface area contributed by atoms with E-state index in [0.29, 0.717) is 6.42 Å². The summed E-state index contributed by atoms with van der Waals surface area (Å²) in [6, 6.07) is 13.6. The van der Waals surface area contributed by atoms with Gasteiger partial charge in [0.2, 0.25) is 11.8 Å². The number of amides is 3. The average molecular weight is 831 g/mol. The normalized spacial score (nSPS) is 14.0. The summed E-state index contributed by atoms with van der Waals surface area (Å²) in [7, 11) is -10.9. The van der Waals surface area contributed by atoms with E-state index in [-0.39, 0.29) is 34.8 Å². The molecule has 2 rings (SSSR count). The van der Waals surface area contributed by atoms with Gasteiger partial charge < -0.3 is 24.4 Å². The van der Waals surface area contributed by atoms with Crippen LogP contribution in [0.4, 0.5) is 4.79 Å². The second-order valence-electron chi connectivity index (χ2n) is 14.2. The first-order chi connectivity index (χ1) is 25.4. The highest BCUT2D eigenvalue weighted by molar-refractivity contribution is 7.97. The fourth-order valence-electron chi connectivity index (χ4n) is 4.65. The van der Waals surface area contributed by atoms with E-state index < -0.39 is 74.4 Å². The number of benzene rings is 2. The van der Waals surface area contributed by atoms with Crippen molar-refractivity contribution in [3.8, 4) is 0 Å². The smallest absolute Gasteiger partial charge is 0.422 e. The summed E-state index contributed by atoms with van der Waals surface area (Å²) >= 11 is 0. The molecule has 2 aromatic rings. The Balaban J connectivity index is 0.000000699. The molecule has 0 saturated heterocycles. The van der Waals surface area contributed by atoms with Gasteiger partial charge in [-0.05, 0) is 84.1 Å². The lowest BCUT2D eigenvalue weighted by Crippen LogP contribution is -2.58. The second kappa shape index (κ2) is 22.8. The number of nitrogens with one attached hydrogen (secondary N) is 4. The molecule has 0 unspecified atom stereocenters. The van der Waals surface area contributed by atoms with Crippen molar-refractivity contribution in [2.75, 3.05) is 18.7 Å². The number of carbonyl (C=O) groups excluding carboxylic acids is 3. The minimum absolute atomic E-state index is 0.115. The Morgan fingerprint density at radius 1 is 0.782 bits per heavy atom. The van der Waals surface area contributed by atoms with Crippen LogP contribution in [0.3, 0.4) is 0 Å².